The van der Waals surface area contributed by atoms with Crippen LogP contribution in [-0.2, 0) is 9.59 Å². The highest BCUT2D eigenvalue weighted by molar-refractivity contribution is 6.31. The number of nitrogens with zero attached hydrogens (tertiary/aromatic N) is 1. The summed E-state index contributed by atoms with van der Waals surface area (Å²) in [6, 6.07) is 4.15. The first-order valence-corrected chi connectivity index (χ1v) is 10.1. The van der Waals surface area contributed by atoms with Crippen molar-refractivity contribution < 1.29 is 14.0 Å². The second-order valence-electron chi connectivity index (χ2n) is 7.51. The molecule has 148 valence electrons. The van der Waals surface area contributed by atoms with Gasteiger partial charge in [0.05, 0.1) is 5.02 Å². The van der Waals surface area contributed by atoms with E-state index in [4.69, 9.17) is 11.6 Å². The Morgan fingerprint density at radius 2 is 1.89 bits per heavy atom. The normalized spacial score (nSPS) is 19.1. The number of halogens is 2. The summed E-state index contributed by atoms with van der Waals surface area (Å²) in [6.45, 7) is 3.35. The summed E-state index contributed by atoms with van der Waals surface area (Å²) in [5, 5.41) is 6.13. The summed E-state index contributed by atoms with van der Waals surface area (Å²) in [7, 11) is 0. The molecule has 0 unspecified atom stereocenters. The van der Waals surface area contributed by atoms with E-state index in [1.165, 1.54) is 18.2 Å². The number of carbonyl (C=O) groups is 2. The first-order valence-electron chi connectivity index (χ1n) is 9.77. The van der Waals surface area contributed by atoms with Gasteiger partial charge < -0.3 is 15.5 Å². The fourth-order valence-corrected chi connectivity index (χ4v) is 4.05. The van der Waals surface area contributed by atoms with Crippen LogP contribution in [0.5, 0.6) is 0 Å². The SMILES string of the molecule is O=C(Nc1ccc(F)c(Cl)c1)C1CCN(C(=O)CCC2CCNCC2)CC1. The molecule has 0 radical (unpaired) electrons. The summed E-state index contributed by atoms with van der Waals surface area (Å²) < 4.78 is 13.2. The van der Waals surface area contributed by atoms with Crippen LogP contribution >= 0.6 is 11.6 Å². The van der Waals surface area contributed by atoms with Crippen molar-refractivity contribution in [2.24, 2.45) is 11.8 Å². The van der Waals surface area contributed by atoms with Gasteiger partial charge in [-0.1, -0.05) is 11.6 Å². The maximum Gasteiger partial charge on any atom is 0.227 e. The minimum atomic E-state index is -0.508. The van der Waals surface area contributed by atoms with Crippen LogP contribution in [0.2, 0.25) is 5.02 Å². The Bertz CT molecular complexity index is 671. The molecule has 0 bridgehead atoms. The van der Waals surface area contributed by atoms with Gasteiger partial charge in [-0.3, -0.25) is 9.59 Å². The van der Waals surface area contributed by atoms with Gasteiger partial charge in [0, 0.05) is 31.1 Å². The summed E-state index contributed by atoms with van der Waals surface area (Å²) in [4.78, 5) is 26.7. The Kier molecular flexibility index (Phi) is 7.07. The van der Waals surface area contributed by atoms with Crippen LogP contribution in [0.4, 0.5) is 10.1 Å². The predicted molar refractivity (Wildman–Crippen MR) is 104 cm³/mol. The highest BCUT2D eigenvalue weighted by Crippen LogP contribution is 2.24. The summed E-state index contributed by atoms with van der Waals surface area (Å²) in [5.74, 6) is 0.117. The van der Waals surface area contributed by atoms with Crippen molar-refractivity contribution >= 4 is 29.1 Å². The lowest BCUT2D eigenvalue weighted by Gasteiger charge is -2.32. The van der Waals surface area contributed by atoms with Crippen LogP contribution in [0, 0.1) is 17.7 Å². The van der Waals surface area contributed by atoms with Gasteiger partial charge in [-0.25, -0.2) is 4.39 Å². The van der Waals surface area contributed by atoms with Crippen LogP contribution in [0.25, 0.3) is 0 Å². The van der Waals surface area contributed by atoms with Crippen molar-refractivity contribution in [1.29, 1.82) is 0 Å². The van der Waals surface area contributed by atoms with Gasteiger partial charge in [0.25, 0.3) is 0 Å². The van der Waals surface area contributed by atoms with E-state index in [1.807, 2.05) is 4.90 Å². The van der Waals surface area contributed by atoms with Crippen LogP contribution in [0.15, 0.2) is 18.2 Å². The fraction of sp³-hybridized carbons (Fsp3) is 0.600. The number of nitrogens with one attached hydrogen (secondary N) is 2. The maximum atomic E-state index is 13.2. The van der Waals surface area contributed by atoms with E-state index in [9.17, 15) is 14.0 Å². The number of amides is 2. The highest BCUT2D eigenvalue weighted by atomic mass is 35.5. The number of anilines is 1. The molecule has 0 aromatic heterocycles. The number of piperidine rings is 2. The summed E-state index contributed by atoms with van der Waals surface area (Å²) in [5.41, 5.74) is 0.492. The van der Waals surface area contributed by atoms with Crippen molar-refractivity contribution in [2.75, 3.05) is 31.5 Å². The first kappa shape index (κ1) is 20.1. The second-order valence-corrected chi connectivity index (χ2v) is 7.91. The van der Waals surface area contributed by atoms with Crippen molar-refractivity contribution in [2.45, 2.75) is 38.5 Å². The zero-order valence-electron chi connectivity index (χ0n) is 15.5. The van der Waals surface area contributed by atoms with E-state index < -0.39 is 5.82 Å². The Hall–Kier alpha value is -1.66. The molecule has 1 aromatic rings. The van der Waals surface area contributed by atoms with Gasteiger partial charge in [-0.05, 0) is 69.3 Å². The lowest BCUT2D eigenvalue weighted by Crippen LogP contribution is -2.41. The molecule has 0 aliphatic carbocycles. The smallest absolute Gasteiger partial charge is 0.227 e. The quantitative estimate of drug-likeness (QED) is 0.802. The molecule has 0 atom stereocenters. The van der Waals surface area contributed by atoms with Crippen molar-refractivity contribution in [3.8, 4) is 0 Å². The van der Waals surface area contributed by atoms with Crippen molar-refractivity contribution in [3.05, 3.63) is 29.0 Å². The zero-order chi connectivity index (χ0) is 19.2. The topological polar surface area (TPSA) is 61.4 Å². The second kappa shape index (κ2) is 9.51. The average Bonchev–Trinajstić information content (AvgIpc) is 2.70. The van der Waals surface area contributed by atoms with Gasteiger partial charge in [-0.2, -0.15) is 0 Å². The van der Waals surface area contributed by atoms with Crippen molar-refractivity contribution in [1.82, 2.24) is 10.2 Å². The molecule has 2 amide bonds. The largest absolute Gasteiger partial charge is 0.343 e. The Morgan fingerprint density at radius 3 is 2.56 bits per heavy atom. The Balaban J connectivity index is 1.41. The molecule has 1 aromatic carbocycles. The third kappa shape index (κ3) is 5.66. The van der Waals surface area contributed by atoms with Crippen molar-refractivity contribution in [3.63, 3.8) is 0 Å². The number of hydrogen-bond acceptors (Lipinski definition) is 3. The van der Waals surface area contributed by atoms with Gasteiger partial charge in [0.1, 0.15) is 5.82 Å². The molecular formula is C20H27ClFN3O2. The molecule has 2 N–H and O–H groups in total. The van der Waals surface area contributed by atoms with E-state index in [1.54, 1.807) is 0 Å². The highest BCUT2D eigenvalue weighted by Gasteiger charge is 2.27. The van der Waals surface area contributed by atoms with E-state index in [0.29, 0.717) is 44.0 Å². The van der Waals surface area contributed by atoms with Gasteiger partial charge in [0.15, 0.2) is 0 Å². The molecular weight excluding hydrogens is 369 g/mol. The fourth-order valence-electron chi connectivity index (χ4n) is 3.87. The molecule has 7 heteroatoms. The number of carbonyl (C=O) groups excluding carboxylic acids is 2. The molecule has 2 aliphatic rings. The number of benzene rings is 1. The van der Waals surface area contributed by atoms with Crippen LogP contribution in [-0.4, -0.2) is 42.9 Å². The molecule has 2 heterocycles. The lowest BCUT2D eigenvalue weighted by molar-refractivity contribution is -0.134. The molecule has 0 saturated carbocycles. The number of hydrogen-bond donors (Lipinski definition) is 2. The maximum absolute atomic E-state index is 13.2. The molecule has 2 aliphatic heterocycles. The first-order chi connectivity index (χ1) is 13.0. The minimum absolute atomic E-state index is 0.0121. The summed E-state index contributed by atoms with van der Waals surface area (Å²) >= 11 is 5.75. The Morgan fingerprint density at radius 1 is 1.19 bits per heavy atom. The Labute approximate surface area is 164 Å². The molecule has 27 heavy (non-hydrogen) atoms. The van der Waals surface area contributed by atoms with E-state index in [0.717, 1.165) is 32.4 Å². The van der Waals surface area contributed by atoms with Gasteiger partial charge >= 0.3 is 0 Å². The van der Waals surface area contributed by atoms with E-state index in [2.05, 4.69) is 10.6 Å². The lowest BCUT2D eigenvalue weighted by atomic mass is 9.92. The third-order valence-electron chi connectivity index (χ3n) is 5.63. The van der Waals surface area contributed by atoms with Crippen LogP contribution in [0.3, 0.4) is 0 Å². The van der Waals surface area contributed by atoms with Gasteiger partial charge in [0.2, 0.25) is 11.8 Å². The number of likely N-dealkylation sites (tertiary alicyclic amines) is 1. The number of rotatable bonds is 5. The average molecular weight is 396 g/mol. The standard InChI is InChI=1S/C20H27ClFN3O2/c21-17-13-16(2-3-18(17)22)24-20(27)15-7-11-25(12-8-15)19(26)4-1-14-5-9-23-10-6-14/h2-3,13-15,23H,1,4-12H2,(H,24,27). The van der Waals surface area contributed by atoms with Crippen LogP contribution < -0.4 is 10.6 Å². The third-order valence-corrected chi connectivity index (χ3v) is 5.92. The molecule has 2 fully saturated rings. The summed E-state index contributed by atoms with van der Waals surface area (Å²) in [6.07, 6.45) is 5.19. The van der Waals surface area contributed by atoms with Gasteiger partial charge in [-0.15, -0.1) is 0 Å². The van der Waals surface area contributed by atoms with Crippen LogP contribution in [0.1, 0.15) is 38.5 Å². The molecule has 5 nitrogen and oxygen atoms in total. The minimum Gasteiger partial charge on any atom is -0.343 e. The monoisotopic (exact) mass is 395 g/mol. The molecule has 0 spiro atoms. The zero-order valence-corrected chi connectivity index (χ0v) is 16.2. The predicted octanol–water partition coefficient (Wildman–Crippen LogP) is 3.44. The van der Waals surface area contributed by atoms with E-state index >= 15 is 0 Å². The van der Waals surface area contributed by atoms with E-state index in [-0.39, 0.29) is 22.8 Å². The molecule has 3 rings (SSSR count). The molecule has 2 saturated heterocycles.